The quantitative estimate of drug-likeness (QED) is 0.0616. The third-order valence-corrected chi connectivity index (χ3v) is 11.5. The summed E-state index contributed by atoms with van der Waals surface area (Å²) in [7, 11) is 4.36. The fourth-order valence-electron chi connectivity index (χ4n) is 6.34. The van der Waals surface area contributed by atoms with Crippen molar-refractivity contribution in [1.29, 1.82) is 0 Å². The lowest BCUT2D eigenvalue weighted by Gasteiger charge is -2.18. The topological polar surface area (TPSA) is 132 Å². The molecular weight excluding hydrogens is 735 g/mol. The van der Waals surface area contributed by atoms with Gasteiger partial charge >= 0.3 is 5.97 Å². The summed E-state index contributed by atoms with van der Waals surface area (Å²) in [6, 6.07) is 30.3. The third kappa shape index (κ3) is 9.28. The molecule has 2 atom stereocenters. The van der Waals surface area contributed by atoms with Crippen molar-refractivity contribution in [2.45, 2.75) is 36.3 Å². The fourth-order valence-corrected chi connectivity index (χ4v) is 8.83. The Kier molecular flexibility index (Phi) is 12.7. The van der Waals surface area contributed by atoms with Crippen molar-refractivity contribution in [1.82, 2.24) is 5.32 Å². The number of para-hydroxylation sites is 1. The molecule has 12 heteroatoms. The number of benzene rings is 4. The van der Waals surface area contributed by atoms with Crippen LogP contribution in [0.5, 0.6) is 11.5 Å². The number of anilines is 2. The lowest BCUT2D eigenvalue weighted by molar-refractivity contribution is -0.116. The van der Waals surface area contributed by atoms with E-state index < -0.39 is 23.0 Å². The molecule has 1 aliphatic carbocycles. The van der Waals surface area contributed by atoms with Crippen molar-refractivity contribution in [2.75, 3.05) is 32.0 Å². The molecule has 5 aromatic rings. The Balaban J connectivity index is 1.27. The van der Waals surface area contributed by atoms with Gasteiger partial charge in [0, 0.05) is 26.6 Å². The molecule has 1 aromatic heterocycles. The maximum absolute atomic E-state index is 14.2. The first-order valence-electron chi connectivity index (χ1n) is 17.6. The Morgan fingerprint density at radius 3 is 2.29 bits per heavy atom. The zero-order chi connectivity index (χ0) is 38.9. The zero-order valence-corrected chi connectivity index (χ0v) is 32.5. The summed E-state index contributed by atoms with van der Waals surface area (Å²) in [4.78, 5) is 56.2. The van der Waals surface area contributed by atoms with Gasteiger partial charge in [-0.1, -0.05) is 73.7 Å². The molecule has 282 valence electrons. The molecule has 1 heterocycles. The Labute approximate surface area is 328 Å². The third-order valence-electron chi connectivity index (χ3n) is 9.09. The summed E-state index contributed by atoms with van der Waals surface area (Å²) < 4.78 is 16.2. The summed E-state index contributed by atoms with van der Waals surface area (Å²) in [5, 5.41) is 8.52. The summed E-state index contributed by atoms with van der Waals surface area (Å²) in [5.74, 6) is -0.486. The number of nitrogens with one attached hydrogen (secondary N) is 3. The van der Waals surface area contributed by atoms with E-state index in [1.165, 1.54) is 50.5 Å². The van der Waals surface area contributed by atoms with E-state index in [-0.39, 0.29) is 11.6 Å². The van der Waals surface area contributed by atoms with Crippen molar-refractivity contribution in [3.63, 3.8) is 0 Å². The van der Waals surface area contributed by atoms with Crippen LogP contribution in [0.2, 0.25) is 0 Å². The first kappa shape index (κ1) is 38.9. The van der Waals surface area contributed by atoms with Gasteiger partial charge in [-0.2, -0.15) is 0 Å². The monoisotopic (exact) mass is 775 g/mol. The van der Waals surface area contributed by atoms with Gasteiger partial charge in [-0.05, 0) is 78.8 Å². The number of amides is 3. The Bertz CT molecular complexity index is 2220. The molecule has 10 nitrogen and oxygen atoms in total. The second-order valence-electron chi connectivity index (χ2n) is 12.9. The molecule has 0 bridgehead atoms. The second kappa shape index (κ2) is 18.0. The van der Waals surface area contributed by atoms with Crippen molar-refractivity contribution in [3.05, 3.63) is 142 Å². The molecule has 1 aliphatic rings. The van der Waals surface area contributed by atoms with Gasteiger partial charge in [0.1, 0.15) is 15.9 Å². The van der Waals surface area contributed by atoms with Crippen LogP contribution in [-0.4, -0.2) is 45.0 Å². The summed E-state index contributed by atoms with van der Waals surface area (Å²) in [6.45, 7) is 2.19. The number of thioether (sulfide) groups is 1. The molecule has 0 spiro atoms. The lowest BCUT2D eigenvalue weighted by atomic mass is 9.88. The normalized spacial score (nSPS) is 14.2. The lowest BCUT2D eigenvalue weighted by Crippen LogP contribution is -2.30. The molecule has 0 fully saturated rings. The van der Waals surface area contributed by atoms with E-state index in [9.17, 15) is 19.2 Å². The zero-order valence-electron chi connectivity index (χ0n) is 30.8. The average molecular weight is 776 g/mol. The summed E-state index contributed by atoms with van der Waals surface area (Å²) in [6.07, 6.45) is 4.08. The number of hydrogen-bond donors (Lipinski definition) is 3. The number of carbonyl (C=O) groups excluding carboxylic acids is 4. The first-order chi connectivity index (χ1) is 26.7. The van der Waals surface area contributed by atoms with Crippen LogP contribution in [0.4, 0.5) is 10.7 Å². The number of methoxy groups -OCH3 is 3. The summed E-state index contributed by atoms with van der Waals surface area (Å²) >= 11 is 2.74. The standard InChI is InChI=1S/C43H41N3O7S2/c1-26-21-22-32-35(23-26)55-42(36(32)43(50)53-4)46-41(49)38(27-13-7-5-8-14-27)54-31-19-12-18-30(25-31)44-40(48)33(45-39(47)28-15-9-6-10-16-28)24-29-17-11-20-34(51-2)37(29)52-3/h5-20,24-26,38H,21-23H2,1-4H3,(H,44,48)(H,45,47)(H,46,49)/b33-24+. The summed E-state index contributed by atoms with van der Waals surface area (Å²) in [5.41, 5.74) is 3.43. The SMILES string of the molecule is COC(=O)c1c(NC(=O)C(Sc2cccc(NC(=O)/C(=C\c3cccc(OC)c3OC)NC(=O)c3ccccc3)c2)c2ccccc2)sc2c1CCC(C)C2. The maximum atomic E-state index is 14.2. The van der Waals surface area contributed by atoms with Crippen molar-refractivity contribution in [2.24, 2.45) is 5.92 Å². The molecule has 3 amide bonds. The predicted molar refractivity (Wildman–Crippen MR) is 217 cm³/mol. The number of rotatable bonds is 13. The Morgan fingerprint density at radius 1 is 0.855 bits per heavy atom. The van der Waals surface area contributed by atoms with Crippen LogP contribution < -0.4 is 25.4 Å². The van der Waals surface area contributed by atoms with Crippen LogP contribution in [-0.2, 0) is 27.2 Å². The van der Waals surface area contributed by atoms with Crippen LogP contribution in [0.15, 0.2) is 114 Å². The first-order valence-corrected chi connectivity index (χ1v) is 19.3. The van der Waals surface area contributed by atoms with E-state index in [1.54, 1.807) is 66.7 Å². The second-order valence-corrected chi connectivity index (χ2v) is 15.2. The van der Waals surface area contributed by atoms with E-state index >= 15 is 0 Å². The molecule has 2 unspecified atom stereocenters. The molecule has 0 radical (unpaired) electrons. The predicted octanol–water partition coefficient (Wildman–Crippen LogP) is 8.56. The largest absolute Gasteiger partial charge is 0.493 e. The highest BCUT2D eigenvalue weighted by molar-refractivity contribution is 8.00. The smallest absolute Gasteiger partial charge is 0.341 e. The van der Waals surface area contributed by atoms with Gasteiger partial charge in [0.2, 0.25) is 5.91 Å². The highest BCUT2D eigenvalue weighted by Crippen LogP contribution is 2.42. The number of fused-ring (bicyclic) bond motifs is 1. The molecule has 0 saturated heterocycles. The van der Waals surface area contributed by atoms with Gasteiger partial charge < -0.3 is 30.2 Å². The fraction of sp³-hybridized carbons (Fsp3) is 0.209. The van der Waals surface area contributed by atoms with Crippen molar-refractivity contribution in [3.8, 4) is 11.5 Å². The molecule has 55 heavy (non-hydrogen) atoms. The number of esters is 1. The molecular formula is C43H41N3O7S2. The van der Waals surface area contributed by atoms with E-state index in [1.807, 2.05) is 36.4 Å². The molecule has 4 aromatic carbocycles. The minimum Gasteiger partial charge on any atom is -0.493 e. The Morgan fingerprint density at radius 2 is 1.58 bits per heavy atom. The number of ether oxygens (including phenoxy) is 3. The van der Waals surface area contributed by atoms with E-state index in [4.69, 9.17) is 14.2 Å². The van der Waals surface area contributed by atoms with Crippen molar-refractivity contribution < 1.29 is 33.4 Å². The number of thiophene rings is 1. The van der Waals surface area contributed by atoms with Crippen LogP contribution in [0.3, 0.4) is 0 Å². The molecule has 0 aliphatic heterocycles. The Hall–Kier alpha value is -5.85. The molecule has 3 N–H and O–H groups in total. The highest BCUT2D eigenvalue weighted by Gasteiger charge is 2.31. The van der Waals surface area contributed by atoms with Crippen LogP contribution in [0, 0.1) is 5.92 Å². The van der Waals surface area contributed by atoms with Gasteiger partial charge in [-0.3, -0.25) is 14.4 Å². The minimum absolute atomic E-state index is 0.0329. The van der Waals surface area contributed by atoms with Gasteiger partial charge in [0.15, 0.2) is 11.5 Å². The van der Waals surface area contributed by atoms with Crippen LogP contribution in [0.25, 0.3) is 6.08 Å². The van der Waals surface area contributed by atoms with Crippen molar-refractivity contribution >= 4 is 63.6 Å². The van der Waals surface area contributed by atoms with Crippen LogP contribution >= 0.6 is 23.1 Å². The van der Waals surface area contributed by atoms with E-state index in [2.05, 4.69) is 22.9 Å². The number of hydrogen-bond acceptors (Lipinski definition) is 9. The van der Waals surface area contributed by atoms with Gasteiger partial charge in [0.05, 0.1) is 26.9 Å². The van der Waals surface area contributed by atoms with Crippen LogP contribution in [0.1, 0.15) is 60.9 Å². The molecule has 6 rings (SSSR count). The van der Waals surface area contributed by atoms with E-state index in [0.29, 0.717) is 49.7 Å². The van der Waals surface area contributed by atoms with Gasteiger partial charge in [-0.15, -0.1) is 23.1 Å². The minimum atomic E-state index is -0.711. The van der Waals surface area contributed by atoms with Gasteiger partial charge in [0.25, 0.3) is 11.8 Å². The molecule has 0 saturated carbocycles. The van der Waals surface area contributed by atoms with Gasteiger partial charge in [-0.25, -0.2) is 4.79 Å². The number of carbonyl (C=O) groups is 4. The van der Waals surface area contributed by atoms with E-state index in [0.717, 1.165) is 35.3 Å². The maximum Gasteiger partial charge on any atom is 0.341 e. The highest BCUT2D eigenvalue weighted by atomic mass is 32.2. The average Bonchev–Trinajstić information content (AvgIpc) is 3.56.